The van der Waals surface area contributed by atoms with Gasteiger partial charge in [-0.15, -0.1) is 0 Å². The Bertz CT molecular complexity index is 1410. The number of hydrogen-bond donors (Lipinski definition) is 2. The van der Waals surface area contributed by atoms with Crippen LogP contribution < -0.4 is 0 Å². The largest absolute Gasteiger partial charge is 0.507 e. The van der Waals surface area contributed by atoms with Crippen molar-refractivity contribution in [3.63, 3.8) is 0 Å². The first-order valence-corrected chi connectivity index (χ1v) is 14.1. The first-order chi connectivity index (χ1) is 19.2. The summed E-state index contributed by atoms with van der Waals surface area (Å²) in [5, 5.41) is 22.8. The number of hydrogen-bond acceptors (Lipinski definition) is 7. The number of likely N-dealkylation sites (tertiary alicyclic amines) is 1. The molecular weight excluding hydrogens is 509 g/mol. The van der Waals surface area contributed by atoms with E-state index in [1.54, 1.807) is 6.07 Å². The van der Waals surface area contributed by atoms with E-state index in [1.807, 2.05) is 30.3 Å². The number of rotatable bonds is 6. The predicted octanol–water partition coefficient (Wildman–Crippen LogP) is 5.34. The van der Waals surface area contributed by atoms with Crippen molar-refractivity contribution in [3.8, 4) is 5.75 Å². The van der Waals surface area contributed by atoms with E-state index in [-0.39, 0.29) is 23.9 Å². The molecule has 210 valence electrons. The fourth-order valence-electron chi connectivity index (χ4n) is 6.84. The van der Waals surface area contributed by atoms with E-state index in [0.29, 0.717) is 24.2 Å². The summed E-state index contributed by atoms with van der Waals surface area (Å²) in [7, 11) is 0.0818. The number of methoxy groups -OCH3 is 1. The van der Waals surface area contributed by atoms with Gasteiger partial charge in [0.25, 0.3) is 0 Å². The van der Waals surface area contributed by atoms with Gasteiger partial charge in [0.1, 0.15) is 5.75 Å². The predicted molar refractivity (Wildman–Crippen MR) is 152 cm³/mol. The van der Waals surface area contributed by atoms with Crippen LogP contribution in [0.1, 0.15) is 52.0 Å². The molecule has 2 aliphatic heterocycles. The fraction of sp³-hybridized carbons (Fsp3) is 0.452. The normalized spacial score (nSPS) is 25.1. The zero-order valence-electron chi connectivity index (χ0n) is 23.4. The fourth-order valence-corrected chi connectivity index (χ4v) is 6.84. The molecule has 0 radical (unpaired) electrons. The van der Waals surface area contributed by atoms with E-state index in [0.717, 1.165) is 41.0 Å². The van der Waals surface area contributed by atoms with Crippen LogP contribution in [-0.2, 0) is 19.0 Å². The van der Waals surface area contributed by atoms with E-state index < -0.39 is 43.0 Å². The van der Waals surface area contributed by atoms with Gasteiger partial charge in [0, 0.05) is 5.39 Å². The van der Waals surface area contributed by atoms with Gasteiger partial charge in [-0.1, -0.05) is 68.3 Å². The summed E-state index contributed by atoms with van der Waals surface area (Å²) in [6.45, 7) is 6.23. The molecule has 2 saturated heterocycles. The molecule has 0 aromatic heterocycles. The number of allylic oxidation sites excluding steroid dienone is 2. The molecule has 0 spiro atoms. The maximum Gasteiger partial charge on any atom is 0.455 e. The third-order valence-electron chi connectivity index (χ3n) is 8.77. The third kappa shape index (κ3) is 4.86. The van der Waals surface area contributed by atoms with Crippen LogP contribution in [0.2, 0.25) is 6.32 Å². The molecule has 5 rings (SSSR count). The highest BCUT2D eigenvalue weighted by Gasteiger charge is 2.59. The molecule has 0 unspecified atom stereocenters. The zero-order valence-corrected chi connectivity index (χ0v) is 23.4. The lowest BCUT2D eigenvalue weighted by atomic mass is 9.57. The number of phenols is 1. The van der Waals surface area contributed by atoms with Gasteiger partial charge in [-0.2, -0.15) is 4.90 Å². The summed E-state index contributed by atoms with van der Waals surface area (Å²) >= 11 is 0. The standard InChI is InChI=1S/C31H36BNO7/c1-5-18(14-19-11-12-25(34)21-9-7-6-8-20(19)21)10-13-26-27-22(17(2)3)15-23-28(24(27)16-32(38)40-26)30(36)33(29(23)35)31(37)39-4/h6-9,11-12,14,17,23-24,26,28,34,38H,5,10,13,15-16H2,1-4H3/b18-14+/t23-,24+,26-,28-/m1/s1. The summed E-state index contributed by atoms with van der Waals surface area (Å²) in [5.74, 6) is -2.45. The van der Waals surface area contributed by atoms with Crippen LogP contribution in [0.5, 0.6) is 5.75 Å². The first-order valence-electron chi connectivity index (χ1n) is 14.1. The van der Waals surface area contributed by atoms with Crippen LogP contribution >= 0.6 is 0 Å². The van der Waals surface area contributed by atoms with Crippen molar-refractivity contribution in [1.82, 2.24) is 4.90 Å². The van der Waals surface area contributed by atoms with Gasteiger partial charge >= 0.3 is 13.2 Å². The molecule has 9 heteroatoms. The molecule has 1 aliphatic carbocycles. The minimum atomic E-state index is -1.07. The molecule has 2 aromatic carbocycles. The summed E-state index contributed by atoms with van der Waals surface area (Å²) in [6, 6.07) is 11.4. The van der Waals surface area contributed by atoms with Crippen LogP contribution in [0, 0.1) is 23.7 Å². The first kappa shape index (κ1) is 28.1. The lowest BCUT2D eigenvalue weighted by molar-refractivity contribution is -0.137. The van der Waals surface area contributed by atoms with Gasteiger partial charge in [-0.3, -0.25) is 9.59 Å². The minimum Gasteiger partial charge on any atom is -0.507 e. The van der Waals surface area contributed by atoms with Crippen molar-refractivity contribution in [2.45, 2.75) is 58.9 Å². The smallest absolute Gasteiger partial charge is 0.455 e. The van der Waals surface area contributed by atoms with Gasteiger partial charge < -0.3 is 19.5 Å². The van der Waals surface area contributed by atoms with E-state index in [9.17, 15) is 24.5 Å². The van der Waals surface area contributed by atoms with E-state index in [2.05, 4.69) is 26.8 Å². The molecular formula is C31H36BNO7. The van der Waals surface area contributed by atoms with E-state index in [1.165, 1.54) is 5.57 Å². The molecule has 4 atom stereocenters. The van der Waals surface area contributed by atoms with Crippen molar-refractivity contribution in [2.75, 3.05) is 7.11 Å². The molecule has 2 heterocycles. The molecule has 2 N–H and O–H groups in total. The van der Waals surface area contributed by atoms with Crippen molar-refractivity contribution in [1.29, 1.82) is 0 Å². The second kappa shape index (κ2) is 11.2. The van der Waals surface area contributed by atoms with Gasteiger partial charge in [0.15, 0.2) is 0 Å². The Hall–Kier alpha value is -3.43. The number of fused-ring (bicyclic) bond motifs is 4. The number of phenolic OH excluding ortho intramolecular Hbond substituents is 1. The monoisotopic (exact) mass is 545 g/mol. The maximum absolute atomic E-state index is 13.4. The highest BCUT2D eigenvalue weighted by molar-refractivity contribution is 6.43. The molecule has 3 amide bonds. The molecule has 2 aromatic rings. The Balaban J connectivity index is 1.46. The summed E-state index contributed by atoms with van der Waals surface area (Å²) < 4.78 is 10.8. The minimum absolute atomic E-state index is 0.111. The van der Waals surface area contributed by atoms with Crippen LogP contribution in [0.15, 0.2) is 53.1 Å². The second-order valence-corrected chi connectivity index (χ2v) is 11.3. The second-order valence-electron chi connectivity index (χ2n) is 11.3. The number of ether oxygens (including phenoxy) is 1. The van der Waals surface area contributed by atoms with Gasteiger partial charge in [-0.25, -0.2) is 4.79 Å². The van der Waals surface area contributed by atoms with Crippen LogP contribution in [0.3, 0.4) is 0 Å². The number of amides is 3. The number of carbonyl (C=O) groups excluding carboxylic acids is 3. The van der Waals surface area contributed by atoms with Crippen molar-refractivity contribution >= 4 is 41.9 Å². The highest BCUT2D eigenvalue weighted by atomic mass is 16.5. The van der Waals surface area contributed by atoms with Crippen molar-refractivity contribution in [3.05, 3.63) is 58.7 Å². The Morgan fingerprint density at radius 1 is 1.15 bits per heavy atom. The van der Waals surface area contributed by atoms with Gasteiger partial charge in [-0.05, 0) is 66.4 Å². The zero-order chi connectivity index (χ0) is 28.7. The Morgan fingerprint density at radius 2 is 1.88 bits per heavy atom. The van der Waals surface area contributed by atoms with Gasteiger partial charge in [0.05, 0.1) is 25.0 Å². The SMILES string of the molecule is CC/C(=C\c1ccc(O)c2ccccc12)CC[C@H]1OB(O)C[C@H]2C1=C(C(C)C)C[C@H]1C(=O)N(C(=O)OC)C(=O)[C@H]12. The molecule has 40 heavy (non-hydrogen) atoms. The van der Waals surface area contributed by atoms with Gasteiger partial charge in [0.2, 0.25) is 11.8 Å². The highest BCUT2D eigenvalue weighted by Crippen LogP contribution is 2.52. The maximum atomic E-state index is 13.4. The summed E-state index contributed by atoms with van der Waals surface area (Å²) in [4.78, 5) is 39.5. The Labute approximate surface area is 234 Å². The summed E-state index contributed by atoms with van der Waals surface area (Å²) in [6.07, 6.45) is 3.51. The Kier molecular flexibility index (Phi) is 7.88. The van der Waals surface area contributed by atoms with E-state index in [4.69, 9.17) is 9.39 Å². The quantitative estimate of drug-likeness (QED) is 0.286. The van der Waals surface area contributed by atoms with Crippen molar-refractivity contribution in [2.24, 2.45) is 23.7 Å². The lowest BCUT2D eigenvalue weighted by Crippen LogP contribution is -2.46. The molecule has 0 bridgehead atoms. The average molecular weight is 545 g/mol. The topological polar surface area (TPSA) is 113 Å². The molecule has 0 saturated carbocycles. The lowest BCUT2D eigenvalue weighted by Gasteiger charge is -2.44. The third-order valence-corrected chi connectivity index (χ3v) is 8.77. The molecule has 2 fully saturated rings. The van der Waals surface area contributed by atoms with Crippen LogP contribution in [-0.4, -0.2) is 53.3 Å². The average Bonchev–Trinajstić information content (AvgIpc) is 3.20. The number of benzene rings is 2. The van der Waals surface area contributed by atoms with Crippen molar-refractivity contribution < 1.29 is 33.9 Å². The number of imide groups is 3. The number of nitrogens with zero attached hydrogens (tertiary/aromatic N) is 1. The molecule has 8 nitrogen and oxygen atoms in total. The van der Waals surface area contributed by atoms with Crippen LogP contribution in [0.4, 0.5) is 4.79 Å². The number of carbonyl (C=O) groups is 3. The Morgan fingerprint density at radius 3 is 2.55 bits per heavy atom. The van der Waals surface area contributed by atoms with Crippen LogP contribution in [0.25, 0.3) is 16.8 Å². The summed E-state index contributed by atoms with van der Waals surface area (Å²) in [5.41, 5.74) is 4.29. The molecule has 3 aliphatic rings. The van der Waals surface area contributed by atoms with E-state index >= 15 is 0 Å². The number of aromatic hydroxyl groups is 1.